The Bertz CT molecular complexity index is 1070. The molecule has 28 heavy (non-hydrogen) atoms. The summed E-state index contributed by atoms with van der Waals surface area (Å²) in [5.74, 6) is 0.433. The number of benzene rings is 1. The Balaban J connectivity index is 1.64. The first kappa shape index (κ1) is 18.5. The molecule has 0 radical (unpaired) electrons. The Hall–Kier alpha value is -2.81. The smallest absolute Gasteiger partial charge is 0.410 e. The van der Waals surface area contributed by atoms with E-state index in [0.29, 0.717) is 28.6 Å². The summed E-state index contributed by atoms with van der Waals surface area (Å²) >= 11 is 1.21. The minimum Gasteiger partial charge on any atom is -0.410 e. The Morgan fingerprint density at radius 3 is 2.79 bits per heavy atom. The lowest BCUT2D eigenvalue weighted by Crippen LogP contribution is -2.33. The number of likely N-dealkylation sites (tertiary alicyclic amines) is 1. The van der Waals surface area contributed by atoms with E-state index in [1.807, 2.05) is 6.07 Å². The molecule has 1 fully saturated rings. The van der Waals surface area contributed by atoms with Gasteiger partial charge in [0.2, 0.25) is 0 Å². The first-order chi connectivity index (χ1) is 13.3. The van der Waals surface area contributed by atoms with Crippen molar-refractivity contribution in [2.45, 2.75) is 38.4 Å². The minimum atomic E-state index is -1.77. The highest BCUT2D eigenvalue weighted by molar-refractivity contribution is 7.18. The van der Waals surface area contributed by atoms with Gasteiger partial charge in [-0.25, -0.2) is 19.2 Å². The van der Waals surface area contributed by atoms with E-state index in [1.165, 1.54) is 25.2 Å². The van der Waals surface area contributed by atoms with E-state index in [-0.39, 0.29) is 17.4 Å². The number of aromatic amines is 1. The third-order valence-electron chi connectivity index (χ3n) is 4.57. The highest BCUT2D eigenvalue weighted by Gasteiger charge is 2.34. The van der Waals surface area contributed by atoms with Gasteiger partial charge in [0.05, 0.1) is 6.04 Å². The molecule has 9 heteroatoms. The van der Waals surface area contributed by atoms with Crippen LogP contribution in [0.1, 0.15) is 43.6 Å². The lowest BCUT2D eigenvalue weighted by molar-refractivity contribution is 0.147. The van der Waals surface area contributed by atoms with Crippen molar-refractivity contribution in [1.82, 2.24) is 19.9 Å². The number of hydrogen-bond acceptors (Lipinski definition) is 6. The van der Waals surface area contributed by atoms with Crippen molar-refractivity contribution in [3.8, 4) is 5.75 Å². The van der Waals surface area contributed by atoms with Crippen LogP contribution in [-0.2, 0) is 5.67 Å². The van der Waals surface area contributed by atoms with Crippen molar-refractivity contribution < 1.29 is 13.9 Å². The normalized spacial score (nSPS) is 17.2. The molecule has 1 unspecified atom stereocenters. The highest BCUT2D eigenvalue weighted by Crippen LogP contribution is 2.36. The SMILES string of the molecule is CC(C)(F)c1nc2sc(C3CCCN3C(=O)Oc3ccccc3)nc2c(=O)[nH]1. The molecule has 0 aliphatic carbocycles. The zero-order valence-electron chi connectivity index (χ0n) is 15.4. The van der Waals surface area contributed by atoms with Gasteiger partial charge in [0, 0.05) is 6.54 Å². The zero-order chi connectivity index (χ0) is 19.9. The third-order valence-corrected chi connectivity index (χ3v) is 5.62. The van der Waals surface area contributed by atoms with Crippen LogP contribution in [0.25, 0.3) is 10.3 Å². The molecule has 1 amide bonds. The van der Waals surface area contributed by atoms with E-state index in [2.05, 4.69) is 15.0 Å². The lowest BCUT2D eigenvalue weighted by atomic mass is 10.1. The van der Waals surface area contributed by atoms with Crippen LogP contribution in [0.3, 0.4) is 0 Å². The Kier molecular flexibility index (Phi) is 4.62. The fourth-order valence-corrected chi connectivity index (χ4v) is 4.25. The number of halogens is 1. The number of ether oxygens (including phenoxy) is 1. The molecule has 1 aromatic carbocycles. The summed E-state index contributed by atoms with van der Waals surface area (Å²) in [6, 6.07) is 8.55. The third kappa shape index (κ3) is 3.49. The second-order valence-electron chi connectivity index (χ2n) is 7.13. The van der Waals surface area contributed by atoms with Gasteiger partial charge in [-0.05, 0) is 38.8 Å². The van der Waals surface area contributed by atoms with Gasteiger partial charge in [-0.3, -0.25) is 9.69 Å². The van der Waals surface area contributed by atoms with Gasteiger partial charge in [-0.1, -0.05) is 29.5 Å². The summed E-state index contributed by atoms with van der Waals surface area (Å²) < 4.78 is 19.6. The van der Waals surface area contributed by atoms with Crippen LogP contribution in [0.4, 0.5) is 9.18 Å². The molecule has 0 spiro atoms. The number of carbonyl (C=O) groups is 1. The van der Waals surface area contributed by atoms with Crippen LogP contribution >= 0.6 is 11.3 Å². The molecule has 1 atom stereocenters. The zero-order valence-corrected chi connectivity index (χ0v) is 16.3. The van der Waals surface area contributed by atoms with Gasteiger partial charge in [0.1, 0.15) is 16.6 Å². The standard InChI is InChI=1S/C19H19FN4O3S/c1-19(2,20)17-22-14(25)13-16(23-17)28-15(21-13)12-9-6-10-24(12)18(26)27-11-7-4-3-5-8-11/h3-5,7-8,12H,6,9-10H2,1-2H3,(H,22,23,25). The van der Waals surface area contributed by atoms with Gasteiger partial charge < -0.3 is 9.72 Å². The van der Waals surface area contributed by atoms with E-state index in [0.717, 1.165) is 6.42 Å². The first-order valence-electron chi connectivity index (χ1n) is 8.96. The number of aromatic nitrogens is 3. The van der Waals surface area contributed by atoms with Crippen LogP contribution in [0, 0.1) is 0 Å². The predicted molar refractivity (Wildman–Crippen MR) is 103 cm³/mol. The monoisotopic (exact) mass is 402 g/mol. The van der Waals surface area contributed by atoms with Crippen molar-refractivity contribution in [2.75, 3.05) is 6.54 Å². The number of nitrogens with one attached hydrogen (secondary N) is 1. The summed E-state index contributed by atoms with van der Waals surface area (Å²) in [5.41, 5.74) is -2.09. The number of para-hydroxylation sites is 1. The number of thiazole rings is 1. The number of hydrogen-bond donors (Lipinski definition) is 1. The van der Waals surface area contributed by atoms with Crippen LogP contribution in [-0.4, -0.2) is 32.5 Å². The number of amides is 1. The second kappa shape index (κ2) is 6.97. The molecule has 0 saturated carbocycles. The second-order valence-corrected chi connectivity index (χ2v) is 8.13. The van der Waals surface area contributed by atoms with E-state index < -0.39 is 17.3 Å². The molecular weight excluding hydrogens is 383 g/mol. The number of alkyl halides is 1. The molecular formula is C19H19FN4O3S. The highest BCUT2D eigenvalue weighted by atomic mass is 32.1. The molecule has 1 aliphatic heterocycles. The first-order valence-corrected chi connectivity index (χ1v) is 9.78. The maximum Gasteiger partial charge on any atom is 0.415 e. The molecule has 146 valence electrons. The van der Waals surface area contributed by atoms with Gasteiger partial charge in [-0.2, -0.15) is 0 Å². The van der Waals surface area contributed by atoms with Gasteiger partial charge in [0.15, 0.2) is 16.0 Å². The maximum atomic E-state index is 14.2. The van der Waals surface area contributed by atoms with E-state index in [1.54, 1.807) is 29.2 Å². The molecule has 3 aromatic rings. The van der Waals surface area contributed by atoms with Crippen LogP contribution < -0.4 is 10.3 Å². The summed E-state index contributed by atoms with van der Waals surface area (Å²) in [4.78, 5) is 38.0. The van der Waals surface area contributed by atoms with Gasteiger partial charge in [-0.15, -0.1) is 0 Å². The average molecular weight is 402 g/mol. The summed E-state index contributed by atoms with van der Waals surface area (Å²) in [6.45, 7) is 3.20. The molecule has 1 saturated heterocycles. The van der Waals surface area contributed by atoms with Crippen molar-refractivity contribution in [1.29, 1.82) is 0 Å². The summed E-state index contributed by atoms with van der Waals surface area (Å²) in [7, 11) is 0. The van der Waals surface area contributed by atoms with Gasteiger partial charge >= 0.3 is 6.09 Å². The Morgan fingerprint density at radius 1 is 1.32 bits per heavy atom. The molecule has 2 aromatic heterocycles. The minimum absolute atomic E-state index is 0.0352. The quantitative estimate of drug-likeness (QED) is 0.717. The fraction of sp³-hybridized carbons (Fsp3) is 0.368. The number of rotatable bonds is 3. The van der Waals surface area contributed by atoms with Crippen molar-refractivity contribution in [3.63, 3.8) is 0 Å². The number of carbonyl (C=O) groups excluding carboxylic acids is 1. The Labute approximate surface area is 164 Å². The largest absolute Gasteiger partial charge is 0.415 e. The topological polar surface area (TPSA) is 88.2 Å². The number of fused-ring (bicyclic) bond motifs is 1. The summed E-state index contributed by atoms with van der Waals surface area (Å²) in [5, 5.41) is 0.601. The van der Waals surface area contributed by atoms with Crippen molar-refractivity contribution in [2.24, 2.45) is 0 Å². The van der Waals surface area contributed by atoms with Crippen molar-refractivity contribution in [3.05, 3.63) is 51.5 Å². The van der Waals surface area contributed by atoms with E-state index in [9.17, 15) is 14.0 Å². The molecule has 1 aliphatic rings. The van der Waals surface area contributed by atoms with Crippen molar-refractivity contribution >= 4 is 27.8 Å². The number of H-pyrrole nitrogens is 1. The molecule has 0 bridgehead atoms. The molecule has 1 N–H and O–H groups in total. The lowest BCUT2D eigenvalue weighted by Gasteiger charge is -2.22. The molecule has 3 heterocycles. The summed E-state index contributed by atoms with van der Waals surface area (Å²) in [6.07, 6.45) is 1.06. The fourth-order valence-electron chi connectivity index (χ4n) is 3.16. The number of nitrogens with zero attached hydrogens (tertiary/aromatic N) is 3. The predicted octanol–water partition coefficient (Wildman–Crippen LogP) is 3.92. The molecule has 7 nitrogen and oxygen atoms in total. The molecule has 4 rings (SSSR count). The maximum absolute atomic E-state index is 14.2. The Morgan fingerprint density at radius 2 is 2.07 bits per heavy atom. The van der Waals surface area contributed by atoms with Crippen LogP contribution in [0.5, 0.6) is 5.75 Å². The average Bonchev–Trinajstić information content (AvgIpc) is 3.28. The van der Waals surface area contributed by atoms with E-state index >= 15 is 0 Å². The van der Waals surface area contributed by atoms with E-state index in [4.69, 9.17) is 4.74 Å². The van der Waals surface area contributed by atoms with Crippen LogP contribution in [0.2, 0.25) is 0 Å². The van der Waals surface area contributed by atoms with Gasteiger partial charge in [0.25, 0.3) is 5.56 Å². The van der Waals surface area contributed by atoms with Crippen LogP contribution in [0.15, 0.2) is 35.1 Å².